The highest BCUT2D eigenvalue weighted by Crippen LogP contribution is 2.46. The predicted octanol–water partition coefficient (Wildman–Crippen LogP) is 2.72. The van der Waals surface area contributed by atoms with Gasteiger partial charge in [0.25, 0.3) is 0 Å². The first-order chi connectivity index (χ1) is 11.2. The Morgan fingerprint density at radius 3 is 2.70 bits per heavy atom. The number of carbonyl (C=O) groups excluding carboxylic acids is 1. The zero-order valence-corrected chi connectivity index (χ0v) is 14.0. The van der Waals surface area contributed by atoms with Crippen LogP contribution in [0.2, 0.25) is 0 Å². The maximum Gasteiger partial charge on any atom is 0.179 e. The number of ketones is 1. The zero-order valence-electron chi connectivity index (χ0n) is 12.5. The number of benzene rings is 1. The second-order valence-electron chi connectivity index (χ2n) is 5.97. The number of fused-ring (bicyclic) bond motifs is 1. The molecule has 0 amide bonds. The molecule has 1 N–H and O–H groups in total. The van der Waals surface area contributed by atoms with Gasteiger partial charge in [-0.25, -0.2) is 4.98 Å². The van der Waals surface area contributed by atoms with Crippen molar-refractivity contribution >= 4 is 21.7 Å². The third-order valence-corrected chi connectivity index (χ3v) is 5.05. The molecule has 0 radical (unpaired) electrons. The molecular formula is C17H16BrN3O2. The van der Waals surface area contributed by atoms with Crippen LogP contribution in [-0.4, -0.2) is 34.4 Å². The molecule has 3 heterocycles. The molecule has 0 saturated carbocycles. The van der Waals surface area contributed by atoms with Crippen LogP contribution in [0.5, 0.6) is 5.75 Å². The predicted molar refractivity (Wildman–Crippen MR) is 88.7 cm³/mol. The molecule has 1 aromatic carbocycles. The van der Waals surface area contributed by atoms with E-state index in [2.05, 4.69) is 31.2 Å². The largest absolute Gasteiger partial charge is 0.485 e. The van der Waals surface area contributed by atoms with Gasteiger partial charge >= 0.3 is 0 Å². The first-order valence-electron chi connectivity index (χ1n) is 7.70. The van der Waals surface area contributed by atoms with Crippen molar-refractivity contribution in [1.29, 1.82) is 0 Å². The maximum atomic E-state index is 13.2. The SMILES string of the molecule is O=C1c2ccccc2OC2(CCNCC2)C1c1cnc(Br)cn1. The van der Waals surface area contributed by atoms with Crippen LogP contribution in [-0.2, 0) is 0 Å². The van der Waals surface area contributed by atoms with E-state index < -0.39 is 11.5 Å². The van der Waals surface area contributed by atoms with Crippen LogP contribution in [0, 0.1) is 0 Å². The van der Waals surface area contributed by atoms with E-state index in [1.807, 2.05) is 24.3 Å². The van der Waals surface area contributed by atoms with Crippen LogP contribution in [0.25, 0.3) is 0 Å². The number of nitrogens with zero attached hydrogens (tertiary/aromatic N) is 2. The topological polar surface area (TPSA) is 64.1 Å². The van der Waals surface area contributed by atoms with Gasteiger partial charge in [-0.1, -0.05) is 12.1 Å². The van der Waals surface area contributed by atoms with Crippen LogP contribution < -0.4 is 10.1 Å². The fraction of sp³-hybridized carbons (Fsp3) is 0.353. The highest BCUT2D eigenvalue weighted by atomic mass is 79.9. The van der Waals surface area contributed by atoms with E-state index in [-0.39, 0.29) is 5.78 Å². The molecule has 4 rings (SSSR count). The summed E-state index contributed by atoms with van der Waals surface area (Å²) in [6.07, 6.45) is 4.86. The Labute approximate surface area is 142 Å². The summed E-state index contributed by atoms with van der Waals surface area (Å²) in [6.45, 7) is 1.66. The Bertz CT molecular complexity index is 742. The Balaban J connectivity index is 1.85. The van der Waals surface area contributed by atoms with E-state index in [0.717, 1.165) is 25.9 Å². The molecule has 23 heavy (non-hydrogen) atoms. The molecule has 118 valence electrons. The molecule has 0 bridgehead atoms. The maximum absolute atomic E-state index is 13.2. The molecule has 1 saturated heterocycles. The number of hydrogen-bond donors (Lipinski definition) is 1. The molecule has 1 atom stereocenters. The Morgan fingerprint density at radius 1 is 1.17 bits per heavy atom. The van der Waals surface area contributed by atoms with Gasteiger partial charge in [0.1, 0.15) is 21.9 Å². The molecule has 1 spiro atoms. The van der Waals surface area contributed by atoms with Crippen LogP contribution in [0.1, 0.15) is 34.8 Å². The van der Waals surface area contributed by atoms with E-state index in [4.69, 9.17) is 4.74 Å². The highest BCUT2D eigenvalue weighted by Gasteiger charge is 2.51. The number of piperidine rings is 1. The van der Waals surface area contributed by atoms with E-state index in [9.17, 15) is 4.79 Å². The Morgan fingerprint density at radius 2 is 1.96 bits per heavy atom. The first-order valence-corrected chi connectivity index (χ1v) is 8.49. The van der Waals surface area contributed by atoms with Crippen molar-refractivity contribution in [2.75, 3.05) is 13.1 Å². The van der Waals surface area contributed by atoms with Gasteiger partial charge in [0, 0.05) is 12.8 Å². The quantitative estimate of drug-likeness (QED) is 0.832. The highest BCUT2D eigenvalue weighted by molar-refractivity contribution is 9.10. The number of aromatic nitrogens is 2. The van der Waals surface area contributed by atoms with Crippen molar-refractivity contribution in [2.45, 2.75) is 24.4 Å². The lowest BCUT2D eigenvalue weighted by atomic mass is 9.72. The van der Waals surface area contributed by atoms with Crippen molar-refractivity contribution in [3.63, 3.8) is 0 Å². The van der Waals surface area contributed by atoms with Crippen molar-refractivity contribution in [3.05, 3.63) is 52.5 Å². The van der Waals surface area contributed by atoms with Crippen LogP contribution in [0.4, 0.5) is 0 Å². The first kappa shape index (κ1) is 14.8. The van der Waals surface area contributed by atoms with E-state index >= 15 is 0 Å². The van der Waals surface area contributed by atoms with Crippen LogP contribution in [0.15, 0.2) is 41.3 Å². The molecule has 2 aliphatic rings. The van der Waals surface area contributed by atoms with E-state index in [1.165, 1.54) is 0 Å². The van der Waals surface area contributed by atoms with Crippen LogP contribution in [0.3, 0.4) is 0 Å². The van der Waals surface area contributed by atoms with Gasteiger partial charge in [-0.05, 0) is 41.2 Å². The van der Waals surface area contributed by atoms with E-state index in [0.29, 0.717) is 21.6 Å². The number of carbonyl (C=O) groups is 1. The molecule has 2 aromatic rings. The number of halogens is 1. The average molecular weight is 374 g/mol. The van der Waals surface area contributed by atoms with Gasteiger partial charge < -0.3 is 10.1 Å². The number of rotatable bonds is 1. The lowest BCUT2D eigenvalue weighted by molar-refractivity contribution is 0.00174. The minimum atomic E-state index is -0.542. The zero-order chi connectivity index (χ0) is 15.9. The van der Waals surface area contributed by atoms with Gasteiger partial charge in [0.05, 0.1) is 23.7 Å². The van der Waals surface area contributed by atoms with Gasteiger partial charge in [0.15, 0.2) is 5.78 Å². The van der Waals surface area contributed by atoms with Crippen molar-refractivity contribution in [2.24, 2.45) is 0 Å². The summed E-state index contributed by atoms with van der Waals surface area (Å²) < 4.78 is 7.05. The second-order valence-corrected chi connectivity index (χ2v) is 6.79. The average Bonchev–Trinajstić information content (AvgIpc) is 2.57. The summed E-state index contributed by atoms with van der Waals surface area (Å²) in [6, 6.07) is 7.47. The van der Waals surface area contributed by atoms with Gasteiger partial charge in [-0.3, -0.25) is 9.78 Å². The smallest absolute Gasteiger partial charge is 0.179 e. The lowest BCUT2D eigenvalue weighted by Gasteiger charge is -2.45. The minimum absolute atomic E-state index is 0.0744. The molecule has 6 heteroatoms. The lowest BCUT2D eigenvalue weighted by Crippen LogP contribution is -2.55. The Kier molecular flexibility index (Phi) is 3.66. The third-order valence-electron chi connectivity index (χ3n) is 4.64. The molecule has 1 fully saturated rings. The summed E-state index contributed by atoms with van der Waals surface area (Å²) in [5, 5.41) is 3.34. The second kappa shape index (κ2) is 5.69. The monoisotopic (exact) mass is 373 g/mol. The number of hydrogen-bond acceptors (Lipinski definition) is 5. The molecule has 0 aliphatic carbocycles. The number of Topliss-reactive ketones (excluding diaryl/α,β-unsaturated/α-hetero) is 1. The number of nitrogens with one attached hydrogen (secondary N) is 1. The summed E-state index contributed by atoms with van der Waals surface area (Å²) in [7, 11) is 0. The minimum Gasteiger partial charge on any atom is -0.485 e. The standard InChI is InChI=1S/C17H16BrN3O2/c18-14-10-20-12(9-21-14)15-16(22)11-3-1-2-4-13(11)23-17(15)5-7-19-8-6-17/h1-4,9-10,15,19H,5-8H2. The van der Waals surface area contributed by atoms with E-state index in [1.54, 1.807) is 12.4 Å². The molecule has 5 nitrogen and oxygen atoms in total. The fourth-order valence-electron chi connectivity index (χ4n) is 3.55. The third kappa shape index (κ3) is 2.46. The van der Waals surface area contributed by atoms with Gasteiger partial charge in [0.2, 0.25) is 0 Å². The fourth-order valence-corrected chi connectivity index (χ4v) is 3.75. The van der Waals surface area contributed by atoms with Gasteiger partial charge in [-0.2, -0.15) is 0 Å². The number of para-hydroxylation sites is 1. The van der Waals surface area contributed by atoms with Crippen molar-refractivity contribution < 1.29 is 9.53 Å². The summed E-state index contributed by atoms with van der Waals surface area (Å²) >= 11 is 3.30. The number of ether oxygens (including phenoxy) is 1. The van der Waals surface area contributed by atoms with Crippen molar-refractivity contribution in [1.82, 2.24) is 15.3 Å². The normalized spacial score (nSPS) is 22.5. The molecule has 1 unspecified atom stereocenters. The van der Waals surface area contributed by atoms with Crippen molar-refractivity contribution in [3.8, 4) is 5.75 Å². The summed E-state index contributed by atoms with van der Waals surface area (Å²) in [5.41, 5.74) is 0.764. The van der Waals surface area contributed by atoms with Gasteiger partial charge in [-0.15, -0.1) is 0 Å². The summed E-state index contributed by atoms with van der Waals surface area (Å²) in [5.74, 6) is 0.339. The van der Waals surface area contributed by atoms with Crippen LogP contribution >= 0.6 is 15.9 Å². The summed E-state index contributed by atoms with van der Waals surface area (Å²) in [4.78, 5) is 21.9. The Hall–Kier alpha value is -1.79. The molecule has 1 aromatic heterocycles. The molecule has 2 aliphatic heterocycles. The molecular weight excluding hydrogens is 358 g/mol.